The van der Waals surface area contributed by atoms with Gasteiger partial charge in [-0.05, 0) is 43.0 Å². The molecule has 0 aliphatic heterocycles. The van der Waals surface area contributed by atoms with E-state index in [0.717, 1.165) is 12.2 Å². The number of benzene rings is 1. The fourth-order valence-electron chi connectivity index (χ4n) is 1.56. The Balaban J connectivity index is 2.11. The van der Waals surface area contributed by atoms with Crippen LogP contribution in [0.1, 0.15) is 16.0 Å². The van der Waals surface area contributed by atoms with E-state index in [1.807, 2.05) is 6.07 Å². The summed E-state index contributed by atoms with van der Waals surface area (Å²) in [4.78, 5) is 1.30. The number of aryl methyl sites for hydroxylation is 1. The normalized spacial score (nSPS) is 10.4. The molecule has 0 spiro atoms. The lowest BCUT2D eigenvalue weighted by Crippen LogP contribution is -2.01. The van der Waals surface area contributed by atoms with Crippen molar-refractivity contribution in [2.24, 2.45) is 0 Å². The van der Waals surface area contributed by atoms with Crippen molar-refractivity contribution >= 4 is 17.0 Å². The second kappa shape index (κ2) is 4.66. The Kier molecular flexibility index (Phi) is 3.25. The Morgan fingerprint density at radius 1 is 1.25 bits per heavy atom. The number of nitrogens with one attached hydrogen (secondary N) is 1. The zero-order valence-corrected chi connectivity index (χ0v) is 10.2. The molecular weight excluding hydrogens is 221 g/mol. The number of thiophene rings is 1. The van der Waals surface area contributed by atoms with Gasteiger partial charge in [-0.15, -0.1) is 11.3 Å². The molecule has 16 heavy (non-hydrogen) atoms. The number of hydrogen-bond acceptors (Lipinski definition) is 2. The topological polar surface area (TPSA) is 12.0 Å². The zero-order chi connectivity index (χ0) is 11.5. The van der Waals surface area contributed by atoms with Crippen molar-refractivity contribution in [2.75, 3.05) is 5.32 Å². The van der Waals surface area contributed by atoms with Crippen molar-refractivity contribution in [1.29, 1.82) is 0 Å². The lowest BCUT2D eigenvalue weighted by Gasteiger charge is -2.09. The highest BCUT2D eigenvalue weighted by atomic mass is 32.1. The smallest absolute Gasteiger partial charge is 0.128 e. The second-order valence-electron chi connectivity index (χ2n) is 3.79. The molecule has 84 valence electrons. The van der Waals surface area contributed by atoms with Crippen LogP contribution < -0.4 is 5.32 Å². The predicted molar refractivity (Wildman–Crippen MR) is 67.5 cm³/mol. The van der Waals surface area contributed by atoms with Crippen LogP contribution in [-0.2, 0) is 6.54 Å². The summed E-state index contributed by atoms with van der Waals surface area (Å²) < 4.78 is 13.3. The molecule has 0 unspecified atom stereocenters. The average Bonchev–Trinajstić information content (AvgIpc) is 2.67. The summed E-state index contributed by atoms with van der Waals surface area (Å²) >= 11 is 1.72. The molecule has 1 aromatic carbocycles. The molecular formula is C13H14FNS. The summed E-state index contributed by atoms with van der Waals surface area (Å²) in [7, 11) is 0. The fraction of sp³-hybridized carbons (Fsp3) is 0.231. The second-order valence-corrected chi connectivity index (χ2v) is 4.79. The monoisotopic (exact) mass is 235 g/mol. The van der Waals surface area contributed by atoms with E-state index in [2.05, 4.69) is 23.7 Å². The molecule has 1 nitrogen and oxygen atoms in total. The van der Waals surface area contributed by atoms with Gasteiger partial charge in [-0.3, -0.25) is 0 Å². The van der Waals surface area contributed by atoms with E-state index in [0.29, 0.717) is 5.56 Å². The highest BCUT2D eigenvalue weighted by molar-refractivity contribution is 7.10. The maximum atomic E-state index is 13.3. The van der Waals surface area contributed by atoms with Crippen molar-refractivity contribution in [3.63, 3.8) is 0 Å². The zero-order valence-electron chi connectivity index (χ0n) is 9.38. The quantitative estimate of drug-likeness (QED) is 0.844. The van der Waals surface area contributed by atoms with Crippen LogP contribution in [0.4, 0.5) is 10.1 Å². The van der Waals surface area contributed by atoms with Gasteiger partial charge in [0.1, 0.15) is 5.82 Å². The third-order valence-corrected chi connectivity index (χ3v) is 3.70. The number of halogens is 1. The summed E-state index contributed by atoms with van der Waals surface area (Å²) in [6, 6.07) is 7.21. The first kappa shape index (κ1) is 11.1. The Morgan fingerprint density at radius 2 is 2.06 bits per heavy atom. The van der Waals surface area contributed by atoms with Gasteiger partial charge in [0.25, 0.3) is 0 Å². The maximum Gasteiger partial charge on any atom is 0.128 e. The van der Waals surface area contributed by atoms with Crippen LogP contribution in [0.2, 0.25) is 0 Å². The van der Waals surface area contributed by atoms with Gasteiger partial charge in [-0.2, -0.15) is 0 Å². The van der Waals surface area contributed by atoms with Crippen LogP contribution in [0.15, 0.2) is 29.6 Å². The molecule has 1 heterocycles. The van der Waals surface area contributed by atoms with E-state index in [1.165, 1.54) is 16.5 Å². The summed E-state index contributed by atoms with van der Waals surface area (Å²) in [6.07, 6.45) is 0. The first-order valence-electron chi connectivity index (χ1n) is 5.20. The lowest BCUT2D eigenvalue weighted by atomic mass is 10.2. The lowest BCUT2D eigenvalue weighted by molar-refractivity contribution is 0.619. The molecule has 0 bridgehead atoms. The minimum atomic E-state index is -0.159. The minimum absolute atomic E-state index is 0.159. The maximum absolute atomic E-state index is 13.3. The standard InChI is InChI=1S/C13H14FNS/c1-9-6-7-16-13(9)8-15-12-5-3-4-11(14)10(12)2/h3-7,15H,8H2,1-2H3. The molecule has 0 saturated carbocycles. The van der Waals surface area contributed by atoms with Crippen molar-refractivity contribution < 1.29 is 4.39 Å². The molecule has 0 fully saturated rings. The minimum Gasteiger partial charge on any atom is -0.380 e. The van der Waals surface area contributed by atoms with E-state index < -0.39 is 0 Å². The number of rotatable bonds is 3. The molecule has 0 aliphatic carbocycles. The van der Waals surface area contributed by atoms with Crippen molar-refractivity contribution in [2.45, 2.75) is 20.4 Å². The predicted octanol–water partition coefficient (Wildman–Crippen LogP) is 4.12. The van der Waals surface area contributed by atoms with Gasteiger partial charge in [-0.25, -0.2) is 4.39 Å². The van der Waals surface area contributed by atoms with Crippen LogP contribution in [0.5, 0.6) is 0 Å². The summed E-state index contributed by atoms with van der Waals surface area (Å²) in [5.74, 6) is -0.159. The highest BCUT2D eigenvalue weighted by Crippen LogP contribution is 2.21. The average molecular weight is 235 g/mol. The summed E-state index contributed by atoms with van der Waals surface area (Å²) in [5, 5.41) is 5.34. The van der Waals surface area contributed by atoms with Gasteiger partial charge < -0.3 is 5.32 Å². The van der Waals surface area contributed by atoms with Crippen LogP contribution in [0, 0.1) is 19.7 Å². The third kappa shape index (κ3) is 2.25. The van der Waals surface area contributed by atoms with E-state index >= 15 is 0 Å². The summed E-state index contributed by atoms with van der Waals surface area (Å²) in [6.45, 7) is 4.64. The Hall–Kier alpha value is -1.35. The van der Waals surface area contributed by atoms with Crippen molar-refractivity contribution in [1.82, 2.24) is 0 Å². The fourth-order valence-corrected chi connectivity index (χ4v) is 2.41. The molecule has 0 amide bonds. The molecule has 1 aromatic heterocycles. The molecule has 2 aromatic rings. The van der Waals surface area contributed by atoms with Crippen molar-refractivity contribution in [3.05, 3.63) is 51.5 Å². The summed E-state index contributed by atoms with van der Waals surface area (Å²) in [5.41, 5.74) is 2.83. The van der Waals surface area contributed by atoms with Crippen LogP contribution in [0.3, 0.4) is 0 Å². The SMILES string of the molecule is Cc1ccsc1CNc1cccc(F)c1C. The first-order valence-corrected chi connectivity index (χ1v) is 6.08. The molecule has 0 saturated heterocycles. The van der Waals surface area contributed by atoms with E-state index in [9.17, 15) is 4.39 Å². The molecule has 2 rings (SSSR count). The third-order valence-electron chi connectivity index (χ3n) is 2.68. The van der Waals surface area contributed by atoms with Gasteiger partial charge in [0.15, 0.2) is 0 Å². The molecule has 0 radical (unpaired) electrons. The first-order chi connectivity index (χ1) is 7.68. The van der Waals surface area contributed by atoms with E-state index in [1.54, 1.807) is 24.3 Å². The largest absolute Gasteiger partial charge is 0.380 e. The van der Waals surface area contributed by atoms with E-state index in [-0.39, 0.29) is 5.82 Å². The van der Waals surface area contributed by atoms with Crippen molar-refractivity contribution in [3.8, 4) is 0 Å². The van der Waals surface area contributed by atoms with Crippen LogP contribution >= 0.6 is 11.3 Å². The van der Waals surface area contributed by atoms with Crippen LogP contribution in [0.25, 0.3) is 0 Å². The highest BCUT2D eigenvalue weighted by Gasteiger charge is 2.04. The number of anilines is 1. The van der Waals surface area contributed by atoms with E-state index in [4.69, 9.17) is 0 Å². The van der Waals surface area contributed by atoms with Gasteiger partial charge >= 0.3 is 0 Å². The van der Waals surface area contributed by atoms with Gasteiger partial charge in [-0.1, -0.05) is 6.07 Å². The van der Waals surface area contributed by atoms with Gasteiger partial charge in [0, 0.05) is 22.7 Å². The molecule has 1 N–H and O–H groups in total. The Morgan fingerprint density at radius 3 is 2.75 bits per heavy atom. The van der Waals surface area contributed by atoms with Gasteiger partial charge in [0.05, 0.1) is 0 Å². The van der Waals surface area contributed by atoms with Gasteiger partial charge in [0.2, 0.25) is 0 Å². The Bertz CT molecular complexity index is 490. The van der Waals surface area contributed by atoms with Crippen LogP contribution in [-0.4, -0.2) is 0 Å². The molecule has 3 heteroatoms. The molecule has 0 atom stereocenters. The number of hydrogen-bond donors (Lipinski definition) is 1. The molecule has 0 aliphatic rings. The Labute approximate surface area is 98.9 Å².